The van der Waals surface area contributed by atoms with Crippen LogP contribution in [0.4, 0.5) is 0 Å². The standard InChI is InChI=1S/C16H22N2O2S/c1-11-6-8-21-15(11)16-17-14(12(2)20-16)10-18(3)9-13-5-4-7-19-13/h6,8,13H,4-5,7,9-10H2,1-3H3/t13-/m1/s1. The van der Waals surface area contributed by atoms with Gasteiger partial charge in [-0.3, -0.25) is 4.90 Å². The summed E-state index contributed by atoms with van der Waals surface area (Å²) in [6.45, 7) is 6.76. The molecule has 1 aliphatic rings. The summed E-state index contributed by atoms with van der Waals surface area (Å²) in [6.07, 6.45) is 2.73. The first-order chi connectivity index (χ1) is 10.1. The lowest BCUT2D eigenvalue weighted by Gasteiger charge is -2.19. The highest BCUT2D eigenvalue weighted by Crippen LogP contribution is 2.30. The molecule has 3 rings (SSSR count). The topological polar surface area (TPSA) is 38.5 Å². The zero-order chi connectivity index (χ0) is 14.8. The molecule has 0 spiro atoms. The fourth-order valence-corrected chi connectivity index (χ4v) is 3.57. The van der Waals surface area contributed by atoms with Gasteiger partial charge in [0.25, 0.3) is 0 Å². The third-order valence-corrected chi connectivity index (χ3v) is 4.91. The van der Waals surface area contributed by atoms with Gasteiger partial charge in [0, 0.05) is 19.7 Å². The first kappa shape index (κ1) is 14.8. The number of hydrogen-bond donors (Lipinski definition) is 0. The summed E-state index contributed by atoms with van der Waals surface area (Å²) in [7, 11) is 2.12. The molecule has 0 aliphatic carbocycles. The Morgan fingerprint density at radius 1 is 1.43 bits per heavy atom. The Morgan fingerprint density at radius 3 is 2.95 bits per heavy atom. The Labute approximate surface area is 129 Å². The molecule has 1 atom stereocenters. The molecule has 0 bridgehead atoms. The zero-order valence-corrected chi connectivity index (χ0v) is 13.7. The molecular weight excluding hydrogens is 284 g/mol. The van der Waals surface area contributed by atoms with Crippen molar-refractivity contribution in [2.45, 2.75) is 39.3 Å². The quantitative estimate of drug-likeness (QED) is 0.845. The third kappa shape index (κ3) is 3.36. The molecule has 0 aromatic carbocycles. The molecule has 1 saturated heterocycles. The van der Waals surface area contributed by atoms with Gasteiger partial charge in [-0.2, -0.15) is 0 Å². The van der Waals surface area contributed by atoms with E-state index in [4.69, 9.17) is 9.15 Å². The number of aromatic nitrogens is 1. The molecule has 4 nitrogen and oxygen atoms in total. The van der Waals surface area contributed by atoms with Crippen molar-refractivity contribution in [3.8, 4) is 10.8 Å². The van der Waals surface area contributed by atoms with Crippen LogP contribution >= 0.6 is 11.3 Å². The molecular formula is C16H22N2O2S. The second kappa shape index (κ2) is 6.30. The summed E-state index contributed by atoms with van der Waals surface area (Å²) in [5.41, 5.74) is 2.25. The van der Waals surface area contributed by atoms with Crippen LogP contribution in [0.5, 0.6) is 0 Å². The maximum absolute atomic E-state index is 5.85. The van der Waals surface area contributed by atoms with Crippen molar-refractivity contribution < 1.29 is 9.15 Å². The highest BCUT2D eigenvalue weighted by molar-refractivity contribution is 7.13. The highest BCUT2D eigenvalue weighted by Gasteiger charge is 2.20. The van der Waals surface area contributed by atoms with Gasteiger partial charge >= 0.3 is 0 Å². The van der Waals surface area contributed by atoms with Gasteiger partial charge in [0.05, 0.1) is 16.7 Å². The average Bonchev–Trinajstić information content (AvgIpc) is 3.13. The minimum absolute atomic E-state index is 0.376. The van der Waals surface area contributed by atoms with E-state index in [1.165, 1.54) is 18.4 Å². The molecule has 1 aliphatic heterocycles. The lowest BCUT2D eigenvalue weighted by Crippen LogP contribution is -2.28. The molecule has 0 N–H and O–H groups in total. The Hall–Kier alpha value is -1.17. The maximum atomic E-state index is 5.85. The summed E-state index contributed by atoms with van der Waals surface area (Å²) in [6, 6.07) is 2.10. The molecule has 0 unspecified atom stereocenters. The van der Waals surface area contributed by atoms with E-state index in [-0.39, 0.29) is 0 Å². The molecule has 2 aromatic heterocycles. The van der Waals surface area contributed by atoms with Crippen molar-refractivity contribution in [1.82, 2.24) is 9.88 Å². The molecule has 1 fully saturated rings. The van der Waals surface area contributed by atoms with Crippen molar-refractivity contribution in [2.24, 2.45) is 0 Å². The Bertz CT molecular complexity index is 599. The maximum Gasteiger partial charge on any atom is 0.237 e. The number of oxazole rings is 1. The van der Waals surface area contributed by atoms with Crippen molar-refractivity contribution >= 4 is 11.3 Å². The van der Waals surface area contributed by atoms with Crippen LogP contribution in [0, 0.1) is 13.8 Å². The molecule has 2 aromatic rings. The first-order valence-electron chi connectivity index (χ1n) is 7.44. The summed E-state index contributed by atoms with van der Waals surface area (Å²) < 4.78 is 11.5. The number of thiophene rings is 1. The van der Waals surface area contributed by atoms with Gasteiger partial charge in [-0.25, -0.2) is 4.98 Å². The number of nitrogens with zero attached hydrogens (tertiary/aromatic N) is 2. The van der Waals surface area contributed by atoms with Crippen LogP contribution in [0.2, 0.25) is 0 Å². The van der Waals surface area contributed by atoms with Crippen LogP contribution in [-0.2, 0) is 11.3 Å². The SMILES string of the molecule is Cc1ccsc1-c1nc(CN(C)C[C@H]2CCCO2)c(C)o1. The van der Waals surface area contributed by atoms with Crippen LogP contribution in [0.25, 0.3) is 10.8 Å². The largest absolute Gasteiger partial charge is 0.440 e. The smallest absolute Gasteiger partial charge is 0.237 e. The average molecular weight is 306 g/mol. The van der Waals surface area contributed by atoms with Gasteiger partial charge in [0.2, 0.25) is 5.89 Å². The summed E-state index contributed by atoms with van der Waals surface area (Å²) in [5, 5.41) is 2.08. The van der Waals surface area contributed by atoms with Crippen LogP contribution in [0.1, 0.15) is 29.9 Å². The van der Waals surface area contributed by atoms with Gasteiger partial charge < -0.3 is 9.15 Å². The van der Waals surface area contributed by atoms with Crippen molar-refractivity contribution in [3.63, 3.8) is 0 Å². The van der Waals surface area contributed by atoms with Crippen molar-refractivity contribution in [3.05, 3.63) is 28.5 Å². The van der Waals surface area contributed by atoms with Gasteiger partial charge in [-0.1, -0.05) is 0 Å². The van der Waals surface area contributed by atoms with Crippen molar-refractivity contribution in [1.29, 1.82) is 0 Å². The molecule has 114 valence electrons. The zero-order valence-electron chi connectivity index (χ0n) is 12.9. The Morgan fingerprint density at radius 2 is 2.29 bits per heavy atom. The van der Waals surface area contributed by atoms with Gasteiger partial charge in [-0.05, 0) is 50.7 Å². The minimum Gasteiger partial charge on any atom is -0.440 e. The van der Waals surface area contributed by atoms with Crippen LogP contribution in [0.3, 0.4) is 0 Å². The first-order valence-corrected chi connectivity index (χ1v) is 8.32. The van der Waals surface area contributed by atoms with Crippen molar-refractivity contribution in [2.75, 3.05) is 20.2 Å². The molecule has 0 amide bonds. The van der Waals surface area contributed by atoms with E-state index in [9.17, 15) is 0 Å². The number of ether oxygens (including phenoxy) is 1. The van der Waals surface area contributed by atoms with Crippen LogP contribution in [0.15, 0.2) is 15.9 Å². The highest BCUT2D eigenvalue weighted by atomic mass is 32.1. The van der Waals surface area contributed by atoms with E-state index in [1.54, 1.807) is 11.3 Å². The van der Waals surface area contributed by atoms with E-state index in [0.29, 0.717) is 6.10 Å². The van der Waals surface area contributed by atoms with Crippen LogP contribution < -0.4 is 0 Å². The number of hydrogen-bond acceptors (Lipinski definition) is 5. The summed E-state index contributed by atoms with van der Waals surface area (Å²) in [4.78, 5) is 8.09. The third-order valence-electron chi connectivity index (χ3n) is 3.91. The molecule has 21 heavy (non-hydrogen) atoms. The van der Waals surface area contributed by atoms with Crippen LogP contribution in [-0.4, -0.2) is 36.2 Å². The fourth-order valence-electron chi connectivity index (χ4n) is 2.72. The predicted octanol–water partition coefficient (Wildman–Crippen LogP) is 3.63. The molecule has 3 heterocycles. The van der Waals surface area contributed by atoms with Gasteiger partial charge in [0.1, 0.15) is 5.76 Å². The Balaban J connectivity index is 1.68. The lowest BCUT2D eigenvalue weighted by atomic mass is 10.2. The second-order valence-electron chi connectivity index (χ2n) is 5.79. The number of aryl methyl sites for hydroxylation is 2. The number of rotatable bonds is 5. The van der Waals surface area contributed by atoms with E-state index in [1.807, 2.05) is 6.92 Å². The fraction of sp³-hybridized carbons (Fsp3) is 0.562. The monoisotopic (exact) mass is 306 g/mol. The minimum atomic E-state index is 0.376. The Kier molecular flexibility index (Phi) is 4.42. The number of likely N-dealkylation sites (N-methyl/N-ethyl adjacent to an activating group) is 1. The molecule has 0 radical (unpaired) electrons. The summed E-state index contributed by atoms with van der Waals surface area (Å²) >= 11 is 1.68. The normalized spacial score (nSPS) is 18.8. The van der Waals surface area contributed by atoms with Gasteiger partial charge in [0.15, 0.2) is 0 Å². The van der Waals surface area contributed by atoms with Gasteiger partial charge in [-0.15, -0.1) is 11.3 Å². The second-order valence-corrected chi connectivity index (χ2v) is 6.70. The lowest BCUT2D eigenvalue weighted by molar-refractivity contribution is 0.0789. The summed E-state index contributed by atoms with van der Waals surface area (Å²) in [5.74, 6) is 1.66. The van der Waals surface area contributed by atoms with E-state index in [0.717, 1.165) is 41.9 Å². The van der Waals surface area contributed by atoms with E-state index < -0.39 is 0 Å². The van der Waals surface area contributed by atoms with E-state index in [2.05, 4.69) is 35.3 Å². The molecule has 0 saturated carbocycles. The molecule has 5 heteroatoms. The van der Waals surface area contributed by atoms with E-state index >= 15 is 0 Å². The predicted molar refractivity (Wildman–Crippen MR) is 84.6 cm³/mol.